The monoisotopic (exact) mass is 324 g/mol. The maximum atomic E-state index is 12.4. The average Bonchev–Trinajstić information content (AvgIpc) is 3.14. The summed E-state index contributed by atoms with van der Waals surface area (Å²) < 4.78 is 11.3. The number of carbonyl (C=O) groups is 2. The molecule has 1 amide bonds. The summed E-state index contributed by atoms with van der Waals surface area (Å²) in [5, 5.41) is 6.44. The molecule has 0 spiro atoms. The number of carbonyl (C=O) groups excluding carboxylic acids is 2. The van der Waals surface area contributed by atoms with E-state index in [2.05, 4.69) is 14.9 Å². The highest BCUT2D eigenvalue weighted by molar-refractivity contribution is 5.94. The normalized spacial score (nSPS) is 21.1. The molecule has 1 saturated heterocycles. The van der Waals surface area contributed by atoms with Gasteiger partial charge in [0, 0.05) is 38.8 Å². The Morgan fingerprint density at radius 1 is 1.39 bits per heavy atom. The molecule has 0 aromatic carbocycles. The predicted molar refractivity (Wildman–Crippen MR) is 79.5 cm³/mol. The number of rotatable bonds is 5. The van der Waals surface area contributed by atoms with Gasteiger partial charge in [-0.2, -0.15) is 5.10 Å². The first-order chi connectivity index (χ1) is 11.0. The average molecular weight is 324 g/mol. The van der Waals surface area contributed by atoms with Crippen LogP contribution >= 0.6 is 0 Å². The van der Waals surface area contributed by atoms with E-state index in [0.717, 1.165) is 12.2 Å². The van der Waals surface area contributed by atoms with Gasteiger partial charge in [0.1, 0.15) is 0 Å². The van der Waals surface area contributed by atoms with Crippen molar-refractivity contribution in [2.75, 3.05) is 20.8 Å². The minimum absolute atomic E-state index is 0.160. The van der Waals surface area contributed by atoms with Crippen LogP contribution in [0.1, 0.15) is 25.2 Å². The number of aromatic amines is 1. The Morgan fingerprint density at radius 2 is 2.13 bits per heavy atom. The fourth-order valence-corrected chi connectivity index (χ4v) is 2.65. The second-order valence-electron chi connectivity index (χ2n) is 5.09. The summed E-state index contributed by atoms with van der Waals surface area (Å²) in [6.07, 6.45) is 2.58. The molecule has 0 bridgehead atoms. The number of ether oxygens (including phenoxy) is 2. The van der Waals surface area contributed by atoms with Gasteiger partial charge >= 0.3 is 11.7 Å². The van der Waals surface area contributed by atoms with Crippen LogP contribution < -0.4 is 5.69 Å². The fraction of sp³-hybridized carbons (Fsp3) is 0.571. The number of hydrogen-bond donors (Lipinski definition) is 1. The molecule has 0 radical (unpaired) electrons. The molecule has 2 atom stereocenters. The molecule has 1 aliphatic heterocycles. The van der Waals surface area contributed by atoms with Crippen LogP contribution in [-0.4, -0.2) is 58.4 Å². The molecule has 126 valence electrons. The number of nitrogens with zero attached hydrogens (tertiary/aromatic N) is 3. The van der Waals surface area contributed by atoms with Crippen molar-refractivity contribution in [1.82, 2.24) is 19.7 Å². The Kier molecular flexibility index (Phi) is 5.32. The number of H-pyrrole nitrogens is 1. The van der Waals surface area contributed by atoms with Gasteiger partial charge < -0.3 is 14.4 Å². The summed E-state index contributed by atoms with van der Waals surface area (Å²) in [4.78, 5) is 36.8. The molecule has 1 fully saturated rings. The van der Waals surface area contributed by atoms with Crippen molar-refractivity contribution >= 4 is 11.9 Å². The van der Waals surface area contributed by atoms with Crippen molar-refractivity contribution in [3.8, 4) is 0 Å². The highest BCUT2D eigenvalue weighted by Crippen LogP contribution is 2.32. The van der Waals surface area contributed by atoms with E-state index in [1.54, 1.807) is 7.11 Å². The maximum absolute atomic E-state index is 12.4. The number of esters is 1. The Balaban J connectivity index is 2.28. The molecule has 23 heavy (non-hydrogen) atoms. The van der Waals surface area contributed by atoms with Crippen LogP contribution in [-0.2, 0) is 25.6 Å². The lowest BCUT2D eigenvalue weighted by Gasteiger charge is -2.22. The van der Waals surface area contributed by atoms with E-state index in [1.165, 1.54) is 16.6 Å². The number of methoxy groups -OCH3 is 2. The van der Waals surface area contributed by atoms with Gasteiger partial charge in [0.25, 0.3) is 0 Å². The van der Waals surface area contributed by atoms with Crippen molar-refractivity contribution in [2.24, 2.45) is 0 Å². The molecule has 1 N–H and O–H groups in total. The Labute approximate surface area is 132 Å². The minimum Gasteiger partial charge on any atom is -0.466 e. The molecule has 2 heterocycles. The molecular formula is C14H20N4O5. The van der Waals surface area contributed by atoms with Crippen LogP contribution in [0.4, 0.5) is 0 Å². The van der Waals surface area contributed by atoms with Gasteiger partial charge in [-0.25, -0.2) is 14.7 Å². The highest BCUT2D eigenvalue weighted by atomic mass is 16.5. The van der Waals surface area contributed by atoms with Crippen molar-refractivity contribution in [3.05, 3.63) is 28.5 Å². The standard InChI is InChI=1S/C14H20N4O5/c1-4-17-13(15-16-14(17)21)10-7-9(22-2)8-18(10)11(19)5-6-12(20)23-3/h5-6,9-10H,4,7-8H2,1-3H3,(H,16,21)/b6-5+/t9-,10-/m0/s1. The maximum Gasteiger partial charge on any atom is 0.343 e. The third-order valence-corrected chi connectivity index (χ3v) is 3.84. The first kappa shape index (κ1) is 16.9. The Hall–Kier alpha value is -2.42. The third-order valence-electron chi connectivity index (χ3n) is 3.84. The molecular weight excluding hydrogens is 304 g/mol. The quantitative estimate of drug-likeness (QED) is 0.584. The van der Waals surface area contributed by atoms with Gasteiger partial charge in [-0.05, 0) is 6.92 Å². The molecule has 1 aromatic rings. The van der Waals surface area contributed by atoms with E-state index in [4.69, 9.17) is 4.74 Å². The lowest BCUT2D eigenvalue weighted by atomic mass is 10.2. The number of aromatic nitrogens is 3. The zero-order valence-electron chi connectivity index (χ0n) is 13.3. The third kappa shape index (κ3) is 3.50. The van der Waals surface area contributed by atoms with E-state index in [9.17, 15) is 14.4 Å². The highest BCUT2D eigenvalue weighted by Gasteiger charge is 2.38. The minimum atomic E-state index is -0.609. The molecule has 9 nitrogen and oxygen atoms in total. The number of nitrogens with one attached hydrogen (secondary N) is 1. The summed E-state index contributed by atoms with van der Waals surface area (Å²) in [6.45, 7) is 2.63. The van der Waals surface area contributed by atoms with Gasteiger partial charge in [-0.3, -0.25) is 9.36 Å². The number of likely N-dealkylation sites (tertiary alicyclic amines) is 1. The van der Waals surface area contributed by atoms with Crippen LogP contribution in [0.2, 0.25) is 0 Å². The number of hydrogen-bond acceptors (Lipinski definition) is 6. The summed E-state index contributed by atoms with van der Waals surface area (Å²) in [7, 11) is 2.80. The lowest BCUT2D eigenvalue weighted by molar-refractivity contribution is -0.135. The van der Waals surface area contributed by atoms with Crippen LogP contribution in [0.25, 0.3) is 0 Å². The van der Waals surface area contributed by atoms with Crippen molar-refractivity contribution < 1.29 is 19.1 Å². The first-order valence-electron chi connectivity index (χ1n) is 7.26. The van der Waals surface area contributed by atoms with E-state index < -0.39 is 12.0 Å². The SMILES string of the molecule is CCn1c([C@@H]2C[C@H](OC)CN2C(=O)/C=C/C(=O)OC)n[nH]c1=O. The van der Waals surface area contributed by atoms with E-state index >= 15 is 0 Å². The summed E-state index contributed by atoms with van der Waals surface area (Å²) >= 11 is 0. The molecule has 1 aromatic heterocycles. The molecule has 1 aliphatic rings. The van der Waals surface area contributed by atoms with Crippen LogP contribution in [0.3, 0.4) is 0 Å². The zero-order valence-corrected chi connectivity index (χ0v) is 13.3. The van der Waals surface area contributed by atoms with Crippen molar-refractivity contribution in [2.45, 2.75) is 32.0 Å². The van der Waals surface area contributed by atoms with Crippen LogP contribution in [0.15, 0.2) is 16.9 Å². The van der Waals surface area contributed by atoms with Crippen LogP contribution in [0, 0.1) is 0 Å². The predicted octanol–water partition coefficient (Wildman–Crippen LogP) is -0.391. The van der Waals surface area contributed by atoms with Gasteiger partial charge in [0.05, 0.1) is 19.3 Å². The van der Waals surface area contributed by atoms with E-state index in [1.807, 2.05) is 6.92 Å². The zero-order chi connectivity index (χ0) is 17.0. The largest absolute Gasteiger partial charge is 0.466 e. The summed E-state index contributed by atoms with van der Waals surface area (Å²) in [5.41, 5.74) is -0.319. The van der Waals surface area contributed by atoms with Gasteiger partial charge in [-0.15, -0.1) is 0 Å². The number of amides is 1. The first-order valence-corrected chi connectivity index (χ1v) is 7.26. The van der Waals surface area contributed by atoms with Crippen LogP contribution in [0.5, 0.6) is 0 Å². The lowest BCUT2D eigenvalue weighted by Crippen LogP contribution is -2.32. The summed E-state index contributed by atoms with van der Waals surface area (Å²) in [5.74, 6) is -0.488. The second kappa shape index (κ2) is 7.23. The van der Waals surface area contributed by atoms with E-state index in [-0.39, 0.29) is 17.7 Å². The van der Waals surface area contributed by atoms with Crippen molar-refractivity contribution in [1.29, 1.82) is 0 Å². The van der Waals surface area contributed by atoms with Gasteiger partial charge in [0.2, 0.25) is 5.91 Å². The van der Waals surface area contributed by atoms with Gasteiger partial charge in [0.15, 0.2) is 5.82 Å². The fourth-order valence-electron chi connectivity index (χ4n) is 2.65. The van der Waals surface area contributed by atoms with E-state index in [0.29, 0.717) is 25.3 Å². The Bertz CT molecular complexity index is 662. The molecule has 2 rings (SSSR count). The van der Waals surface area contributed by atoms with Gasteiger partial charge in [-0.1, -0.05) is 0 Å². The smallest absolute Gasteiger partial charge is 0.343 e. The molecule has 0 aliphatic carbocycles. The topological polar surface area (TPSA) is 107 Å². The Morgan fingerprint density at radius 3 is 2.74 bits per heavy atom. The van der Waals surface area contributed by atoms with Crippen molar-refractivity contribution in [3.63, 3.8) is 0 Å². The molecule has 0 unspecified atom stereocenters. The summed E-state index contributed by atoms with van der Waals surface area (Å²) in [6, 6.07) is -0.395. The molecule has 0 saturated carbocycles. The second-order valence-corrected chi connectivity index (χ2v) is 5.09. The molecule has 9 heteroatoms.